The van der Waals surface area contributed by atoms with E-state index in [9.17, 15) is 4.79 Å². The van der Waals surface area contributed by atoms with Crippen molar-refractivity contribution in [1.29, 1.82) is 0 Å². The van der Waals surface area contributed by atoms with Crippen LogP contribution in [0.3, 0.4) is 0 Å². The van der Waals surface area contributed by atoms with Crippen molar-refractivity contribution >= 4 is 5.91 Å². The molecule has 0 bridgehead atoms. The van der Waals surface area contributed by atoms with Crippen LogP contribution in [0, 0.1) is 0 Å². The SMILES string of the molecule is CCCCCCCCCCCCC(CCCCCCC)N1CCCC1=O. The van der Waals surface area contributed by atoms with Gasteiger partial charge in [0.25, 0.3) is 0 Å². The van der Waals surface area contributed by atoms with Gasteiger partial charge in [-0.05, 0) is 19.3 Å². The third-order valence-electron chi connectivity index (χ3n) is 6.08. The van der Waals surface area contributed by atoms with Crippen LogP contribution >= 0.6 is 0 Å². The Morgan fingerprint density at radius 1 is 0.692 bits per heavy atom. The largest absolute Gasteiger partial charge is 0.340 e. The van der Waals surface area contributed by atoms with Gasteiger partial charge in [-0.2, -0.15) is 0 Å². The van der Waals surface area contributed by atoms with E-state index in [1.165, 1.54) is 109 Å². The third kappa shape index (κ3) is 11.2. The van der Waals surface area contributed by atoms with Crippen molar-refractivity contribution in [3.63, 3.8) is 0 Å². The summed E-state index contributed by atoms with van der Waals surface area (Å²) < 4.78 is 0. The summed E-state index contributed by atoms with van der Waals surface area (Å²) in [4.78, 5) is 14.4. The van der Waals surface area contributed by atoms with Crippen LogP contribution in [0.5, 0.6) is 0 Å². The Balaban J connectivity index is 2.11. The quantitative estimate of drug-likeness (QED) is 0.228. The van der Waals surface area contributed by atoms with Crippen molar-refractivity contribution in [1.82, 2.24) is 4.90 Å². The number of carbonyl (C=O) groups excluding carboxylic acids is 1. The number of hydrogen-bond donors (Lipinski definition) is 0. The van der Waals surface area contributed by atoms with Crippen LogP contribution < -0.4 is 0 Å². The van der Waals surface area contributed by atoms with E-state index in [2.05, 4.69) is 18.7 Å². The zero-order chi connectivity index (χ0) is 18.9. The van der Waals surface area contributed by atoms with E-state index in [0.29, 0.717) is 11.9 Å². The van der Waals surface area contributed by atoms with Gasteiger partial charge in [0.15, 0.2) is 0 Å². The highest BCUT2D eigenvalue weighted by molar-refractivity contribution is 5.78. The molecule has 154 valence electrons. The molecule has 0 aromatic rings. The van der Waals surface area contributed by atoms with Gasteiger partial charge in [-0.3, -0.25) is 4.79 Å². The normalized spacial score (nSPS) is 15.8. The molecule has 0 aromatic heterocycles. The second kappa shape index (κ2) is 16.6. The molecule has 26 heavy (non-hydrogen) atoms. The van der Waals surface area contributed by atoms with E-state index in [1.807, 2.05) is 0 Å². The number of amides is 1. The number of carbonyl (C=O) groups is 1. The molecule has 2 heteroatoms. The summed E-state index contributed by atoms with van der Waals surface area (Å²) in [6.07, 6.45) is 25.1. The van der Waals surface area contributed by atoms with Crippen molar-refractivity contribution < 1.29 is 4.79 Å². The van der Waals surface area contributed by atoms with Crippen molar-refractivity contribution in [2.24, 2.45) is 0 Å². The van der Waals surface area contributed by atoms with Gasteiger partial charge in [0.05, 0.1) is 0 Å². The fourth-order valence-corrected chi connectivity index (χ4v) is 4.36. The van der Waals surface area contributed by atoms with E-state index in [1.54, 1.807) is 0 Å². The summed E-state index contributed by atoms with van der Waals surface area (Å²) in [5, 5.41) is 0. The maximum atomic E-state index is 12.2. The lowest BCUT2D eigenvalue weighted by Crippen LogP contribution is -2.36. The van der Waals surface area contributed by atoms with Crippen molar-refractivity contribution in [2.75, 3.05) is 6.54 Å². The average Bonchev–Trinajstić information content (AvgIpc) is 3.07. The van der Waals surface area contributed by atoms with Crippen molar-refractivity contribution in [3.05, 3.63) is 0 Å². The first-order valence-electron chi connectivity index (χ1n) is 12.1. The van der Waals surface area contributed by atoms with Gasteiger partial charge in [-0.1, -0.05) is 110 Å². The van der Waals surface area contributed by atoms with Crippen LogP contribution in [-0.4, -0.2) is 23.4 Å². The minimum absolute atomic E-state index is 0.427. The fraction of sp³-hybridized carbons (Fsp3) is 0.958. The molecule has 1 fully saturated rings. The van der Waals surface area contributed by atoms with Crippen molar-refractivity contribution in [3.8, 4) is 0 Å². The van der Waals surface area contributed by atoms with E-state index in [-0.39, 0.29) is 0 Å². The van der Waals surface area contributed by atoms with Gasteiger partial charge < -0.3 is 4.90 Å². The van der Waals surface area contributed by atoms with E-state index in [4.69, 9.17) is 0 Å². The van der Waals surface area contributed by atoms with Gasteiger partial charge in [0, 0.05) is 19.0 Å². The zero-order valence-electron chi connectivity index (χ0n) is 18.1. The first kappa shape index (κ1) is 23.5. The van der Waals surface area contributed by atoms with Crippen LogP contribution in [0.25, 0.3) is 0 Å². The average molecular weight is 366 g/mol. The Bertz CT molecular complexity index is 328. The van der Waals surface area contributed by atoms with Gasteiger partial charge in [-0.25, -0.2) is 0 Å². The van der Waals surface area contributed by atoms with Crippen molar-refractivity contribution in [2.45, 2.75) is 142 Å². The van der Waals surface area contributed by atoms with Gasteiger partial charge in [0.2, 0.25) is 5.91 Å². The molecular weight excluding hydrogens is 318 g/mol. The van der Waals surface area contributed by atoms with Crippen LogP contribution in [0.1, 0.15) is 136 Å². The molecule has 1 saturated heterocycles. The Morgan fingerprint density at radius 2 is 1.12 bits per heavy atom. The van der Waals surface area contributed by atoms with Gasteiger partial charge >= 0.3 is 0 Å². The van der Waals surface area contributed by atoms with Crippen LogP contribution in [0.15, 0.2) is 0 Å². The van der Waals surface area contributed by atoms with Gasteiger partial charge in [0.1, 0.15) is 0 Å². The molecule has 1 atom stereocenters. The number of hydrogen-bond acceptors (Lipinski definition) is 1. The van der Waals surface area contributed by atoms with Crippen LogP contribution in [0.4, 0.5) is 0 Å². The van der Waals surface area contributed by atoms with E-state index < -0.39 is 0 Å². The summed E-state index contributed by atoms with van der Waals surface area (Å²) in [6, 6.07) is 0.542. The lowest BCUT2D eigenvalue weighted by molar-refractivity contribution is -0.130. The lowest BCUT2D eigenvalue weighted by Gasteiger charge is -2.28. The lowest BCUT2D eigenvalue weighted by atomic mass is 9.99. The molecule has 1 aliphatic rings. The predicted molar refractivity (Wildman–Crippen MR) is 115 cm³/mol. The summed E-state index contributed by atoms with van der Waals surface area (Å²) in [5.74, 6) is 0.427. The third-order valence-corrected chi connectivity index (χ3v) is 6.08. The highest BCUT2D eigenvalue weighted by Crippen LogP contribution is 2.23. The minimum atomic E-state index is 0.427. The Hall–Kier alpha value is -0.530. The summed E-state index contributed by atoms with van der Waals surface area (Å²) in [5.41, 5.74) is 0. The van der Waals surface area contributed by atoms with Crippen LogP contribution in [-0.2, 0) is 4.79 Å². The van der Waals surface area contributed by atoms with Crippen LogP contribution in [0.2, 0.25) is 0 Å². The molecule has 1 rings (SSSR count). The predicted octanol–water partition coefficient (Wildman–Crippen LogP) is 7.65. The zero-order valence-corrected chi connectivity index (χ0v) is 18.1. The summed E-state index contributed by atoms with van der Waals surface area (Å²) >= 11 is 0. The molecule has 1 heterocycles. The Kier molecular flexibility index (Phi) is 15.0. The maximum absolute atomic E-state index is 12.2. The highest BCUT2D eigenvalue weighted by Gasteiger charge is 2.26. The molecule has 0 saturated carbocycles. The Labute approximate surface area is 164 Å². The highest BCUT2D eigenvalue weighted by atomic mass is 16.2. The Morgan fingerprint density at radius 3 is 1.50 bits per heavy atom. The number of rotatable bonds is 18. The number of unbranched alkanes of at least 4 members (excludes halogenated alkanes) is 13. The second-order valence-electron chi connectivity index (χ2n) is 8.52. The van der Waals surface area contributed by atoms with Gasteiger partial charge in [-0.15, -0.1) is 0 Å². The molecular formula is C24H47NO. The summed E-state index contributed by atoms with van der Waals surface area (Å²) in [7, 11) is 0. The molecule has 1 unspecified atom stereocenters. The second-order valence-corrected chi connectivity index (χ2v) is 8.52. The molecule has 2 nitrogen and oxygen atoms in total. The number of likely N-dealkylation sites (tertiary alicyclic amines) is 1. The first-order valence-corrected chi connectivity index (χ1v) is 12.1. The smallest absolute Gasteiger partial charge is 0.222 e. The monoisotopic (exact) mass is 365 g/mol. The molecule has 0 N–H and O–H groups in total. The fourth-order valence-electron chi connectivity index (χ4n) is 4.36. The summed E-state index contributed by atoms with van der Waals surface area (Å²) in [6.45, 7) is 5.58. The molecule has 0 aromatic carbocycles. The van der Waals surface area contributed by atoms with E-state index >= 15 is 0 Å². The standard InChI is InChI=1S/C24H47NO/c1-3-5-7-9-10-11-12-13-15-17-20-23(19-16-14-8-6-4-2)25-22-18-21-24(25)26/h23H,3-22H2,1-2H3. The maximum Gasteiger partial charge on any atom is 0.222 e. The topological polar surface area (TPSA) is 20.3 Å². The molecule has 0 aliphatic carbocycles. The minimum Gasteiger partial charge on any atom is -0.340 e. The first-order chi connectivity index (χ1) is 12.8. The molecule has 1 amide bonds. The van der Waals surface area contributed by atoms with E-state index in [0.717, 1.165) is 19.4 Å². The molecule has 0 spiro atoms. The molecule has 1 aliphatic heterocycles. The molecule has 0 radical (unpaired) electrons. The number of nitrogens with zero attached hydrogens (tertiary/aromatic N) is 1.